The normalized spacial score (nSPS) is 19.5. The van der Waals surface area contributed by atoms with Crippen LogP contribution in [0.1, 0.15) is 11.3 Å². The van der Waals surface area contributed by atoms with E-state index in [9.17, 15) is 26.7 Å². The van der Waals surface area contributed by atoms with Crippen molar-refractivity contribution >= 4 is 47.1 Å². The molecule has 0 fully saturated rings. The second-order valence-corrected chi connectivity index (χ2v) is 8.36. The minimum absolute atomic E-state index is 0.115. The third kappa shape index (κ3) is 2.85. The Morgan fingerprint density at radius 1 is 1.06 bits per heavy atom. The average Bonchev–Trinajstić information content (AvgIpc) is 3.17. The Kier molecular flexibility index (Phi) is 4.18. The number of fused-ring (bicyclic) bond motifs is 3. The molecule has 3 aromatic rings. The molecule has 1 atom stereocenters. The molecule has 0 bridgehead atoms. The third-order valence-electron chi connectivity index (χ3n) is 4.92. The van der Waals surface area contributed by atoms with E-state index in [0.717, 1.165) is 24.3 Å². The van der Waals surface area contributed by atoms with Gasteiger partial charge in [0.25, 0.3) is 5.91 Å². The Balaban J connectivity index is 1.86. The molecule has 12 heteroatoms. The number of thioether (sulfide) groups is 1. The van der Waals surface area contributed by atoms with E-state index in [0.29, 0.717) is 11.8 Å². The second-order valence-electron chi connectivity index (χ2n) is 6.77. The van der Waals surface area contributed by atoms with Gasteiger partial charge in [0.05, 0.1) is 4.90 Å². The van der Waals surface area contributed by atoms with Gasteiger partial charge in [-0.25, -0.2) is 13.8 Å². The number of anilines is 3. The number of carbonyl (C=O) groups is 1. The van der Waals surface area contributed by atoms with E-state index in [2.05, 4.69) is 15.3 Å². The molecule has 0 saturated heterocycles. The number of aromatic amines is 1. The summed E-state index contributed by atoms with van der Waals surface area (Å²) >= 11 is 5.47. The molecular weight excluding hydrogens is 459 g/mol. The van der Waals surface area contributed by atoms with Crippen molar-refractivity contribution in [2.24, 2.45) is 0 Å². The van der Waals surface area contributed by atoms with Crippen LogP contribution in [0.3, 0.4) is 0 Å². The van der Waals surface area contributed by atoms with Crippen molar-refractivity contribution in [1.82, 2.24) is 9.97 Å². The highest BCUT2D eigenvalue weighted by atomic mass is 32.2. The highest BCUT2D eigenvalue weighted by Crippen LogP contribution is 2.63. The van der Waals surface area contributed by atoms with Crippen molar-refractivity contribution in [3.8, 4) is 0 Å². The third-order valence-corrected chi connectivity index (χ3v) is 6.58. The van der Waals surface area contributed by atoms with Gasteiger partial charge in [0.1, 0.15) is 17.3 Å². The number of hydrogen-bond acceptors (Lipinski definition) is 5. The fourth-order valence-electron chi connectivity index (χ4n) is 3.69. The smallest absolute Gasteiger partial charge is 0.326 e. The van der Waals surface area contributed by atoms with E-state index in [1.54, 1.807) is 0 Å². The van der Waals surface area contributed by atoms with Gasteiger partial charge in [-0.05, 0) is 54.7 Å². The summed E-state index contributed by atoms with van der Waals surface area (Å²) in [5.74, 6) is -2.19. The van der Waals surface area contributed by atoms with Crippen LogP contribution in [-0.4, -0.2) is 15.9 Å². The van der Waals surface area contributed by atoms with E-state index in [1.807, 2.05) is 0 Å². The molecule has 158 valence electrons. The second kappa shape index (κ2) is 6.50. The fourth-order valence-corrected chi connectivity index (χ4v) is 5.38. The zero-order valence-corrected chi connectivity index (χ0v) is 16.7. The Morgan fingerprint density at radius 2 is 1.74 bits per heavy atom. The maximum absolute atomic E-state index is 14.1. The first-order valence-electron chi connectivity index (χ1n) is 8.69. The van der Waals surface area contributed by atoms with Gasteiger partial charge in [-0.15, -0.1) is 0 Å². The van der Waals surface area contributed by atoms with Crippen molar-refractivity contribution in [2.45, 2.75) is 15.9 Å². The number of nitrogens with zero attached hydrogens (tertiary/aromatic N) is 2. The lowest BCUT2D eigenvalue weighted by atomic mass is 10.0. The molecule has 1 aromatic heterocycles. The summed E-state index contributed by atoms with van der Waals surface area (Å²) in [6.45, 7) is 0. The highest BCUT2D eigenvalue weighted by Gasteiger charge is 2.60. The Labute approximate surface area is 180 Å². The van der Waals surface area contributed by atoms with E-state index < -0.39 is 39.1 Å². The molecule has 3 heterocycles. The number of carbonyl (C=O) groups excluding carboxylic acids is 1. The number of alkyl halides is 3. The van der Waals surface area contributed by atoms with Gasteiger partial charge in [-0.2, -0.15) is 13.2 Å². The number of hydrogen-bond donors (Lipinski definition) is 2. The van der Waals surface area contributed by atoms with Gasteiger partial charge in [0, 0.05) is 16.9 Å². The summed E-state index contributed by atoms with van der Waals surface area (Å²) in [4.78, 5) is 18.3. The van der Waals surface area contributed by atoms with Crippen LogP contribution in [0.5, 0.6) is 0 Å². The number of aromatic nitrogens is 2. The molecule has 1 unspecified atom stereocenters. The number of benzene rings is 2. The minimum Gasteiger partial charge on any atom is -0.326 e. The molecule has 2 aliphatic heterocycles. The van der Waals surface area contributed by atoms with Gasteiger partial charge in [-0.1, -0.05) is 11.8 Å². The quantitative estimate of drug-likeness (QED) is 0.366. The van der Waals surface area contributed by atoms with Crippen LogP contribution < -0.4 is 10.2 Å². The maximum atomic E-state index is 14.1. The molecule has 1 amide bonds. The van der Waals surface area contributed by atoms with Gasteiger partial charge >= 0.3 is 6.18 Å². The molecule has 0 aliphatic carbocycles. The summed E-state index contributed by atoms with van der Waals surface area (Å²) < 4.78 is 68.6. The van der Waals surface area contributed by atoms with Crippen LogP contribution in [0.4, 0.5) is 39.1 Å². The van der Waals surface area contributed by atoms with Gasteiger partial charge in [-0.3, -0.25) is 9.69 Å². The Bertz CT molecular complexity index is 1310. The van der Waals surface area contributed by atoms with Crippen LogP contribution in [-0.2, 0) is 15.8 Å². The summed E-state index contributed by atoms with van der Waals surface area (Å²) in [7, 11) is 0. The molecule has 31 heavy (non-hydrogen) atoms. The first-order chi connectivity index (χ1) is 14.6. The topological polar surface area (TPSA) is 61.0 Å². The molecule has 1 spiro atoms. The van der Waals surface area contributed by atoms with Crippen molar-refractivity contribution < 1.29 is 26.7 Å². The van der Waals surface area contributed by atoms with E-state index >= 15 is 0 Å². The lowest BCUT2D eigenvalue weighted by Gasteiger charge is -2.33. The number of H-pyrrole nitrogens is 1. The Hall–Kier alpha value is -2.99. The molecule has 2 N–H and O–H groups in total. The number of halogens is 5. The van der Waals surface area contributed by atoms with Crippen molar-refractivity contribution in [1.29, 1.82) is 0 Å². The van der Waals surface area contributed by atoms with E-state index in [4.69, 9.17) is 12.2 Å². The monoisotopic (exact) mass is 468 g/mol. The first-order valence-corrected chi connectivity index (χ1v) is 9.91. The zero-order chi connectivity index (χ0) is 22.1. The first kappa shape index (κ1) is 19.9. The van der Waals surface area contributed by atoms with Gasteiger partial charge < -0.3 is 10.3 Å². The zero-order valence-electron chi connectivity index (χ0n) is 15.1. The fraction of sp³-hybridized carbons (Fsp3) is 0.105. The summed E-state index contributed by atoms with van der Waals surface area (Å²) in [5, 5.41) is 2.59. The standard InChI is InChI=1S/C19H9F5N4OS2/c20-8-1-4-10(5-2-8)28-15-13(14(19(22,23)24)26-17(30)27-15)31-18(28)11-7-9(21)3-6-12(11)25-16(18)29/h1-7H,(H,25,29)(H,26,27,30). The Morgan fingerprint density at radius 3 is 2.42 bits per heavy atom. The molecule has 0 saturated carbocycles. The molecule has 5 rings (SSSR count). The SMILES string of the molecule is O=C1Nc2ccc(F)cc2C12Sc1c(nc(=S)[nH]c1C(F)(F)F)N2c1ccc(F)cc1. The van der Waals surface area contributed by atoms with Gasteiger partial charge in [0.2, 0.25) is 4.87 Å². The molecule has 0 radical (unpaired) electrons. The highest BCUT2D eigenvalue weighted by molar-refractivity contribution is 8.01. The van der Waals surface area contributed by atoms with E-state index in [1.165, 1.54) is 23.1 Å². The number of nitrogens with one attached hydrogen (secondary N) is 2. The van der Waals surface area contributed by atoms with Crippen LogP contribution in [0.15, 0.2) is 47.4 Å². The van der Waals surface area contributed by atoms with Crippen LogP contribution in [0, 0.1) is 16.4 Å². The largest absolute Gasteiger partial charge is 0.432 e. The van der Waals surface area contributed by atoms with Crippen molar-refractivity contribution in [3.05, 3.63) is 70.1 Å². The lowest BCUT2D eigenvalue weighted by molar-refractivity contribution is -0.143. The van der Waals surface area contributed by atoms with Crippen molar-refractivity contribution in [3.63, 3.8) is 0 Å². The van der Waals surface area contributed by atoms with Gasteiger partial charge in [0.15, 0.2) is 10.6 Å². The molecule has 2 aliphatic rings. The predicted molar refractivity (Wildman–Crippen MR) is 106 cm³/mol. The molecular formula is C19H9F5N4OS2. The number of rotatable bonds is 1. The molecule has 5 nitrogen and oxygen atoms in total. The van der Waals surface area contributed by atoms with Crippen LogP contribution in [0.2, 0.25) is 0 Å². The van der Waals surface area contributed by atoms with Crippen LogP contribution >= 0.6 is 24.0 Å². The molecule has 2 aromatic carbocycles. The lowest BCUT2D eigenvalue weighted by Crippen LogP contribution is -2.43. The van der Waals surface area contributed by atoms with Crippen molar-refractivity contribution in [2.75, 3.05) is 10.2 Å². The predicted octanol–water partition coefficient (Wildman–Crippen LogP) is 5.49. The van der Waals surface area contributed by atoms with E-state index in [-0.39, 0.29) is 27.7 Å². The number of amides is 1. The summed E-state index contributed by atoms with van der Waals surface area (Å²) in [6, 6.07) is 8.32. The summed E-state index contributed by atoms with van der Waals surface area (Å²) in [5.41, 5.74) is -0.630. The van der Waals surface area contributed by atoms with Crippen LogP contribution in [0.25, 0.3) is 0 Å². The summed E-state index contributed by atoms with van der Waals surface area (Å²) in [6.07, 6.45) is -4.83. The average molecular weight is 468 g/mol. The minimum atomic E-state index is -4.83. The maximum Gasteiger partial charge on any atom is 0.432 e.